The number of hydrogen-bond acceptors (Lipinski definition) is 6. The van der Waals surface area contributed by atoms with Gasteiger partial charge in [0.1, 0.15) is 29.7 Å². The normalized spacial score (nSPS) is 20.9. The van der Waals surface area contributed by atoms with Gasteiger partial charge in [-0.05, 0) is 61.1 Å². The van der Waals surface area contributed by atoms with Crippen LogP contribution in [0.25, 0.3) is 0 Å². The number of hydrogen-bond donors (Lipinski definition) is 4. The lowest BCUT2D eigenvalue weighted by Crippen LogP contribution is -2.55. The fraction of sp³-hybridized carbons (Fsp3) is 0.361. The fourth-order valence-corrected chi connectivity index (χ4v) is 5.88. The van der Waals surface area contributed by atoms with Gasteiger partial charge in [0.15, 0.2) is 0 Å². The van der Waals surface area contributed by atoms with Crippen molar-refractivity contribution in [3.05, 3.63) is 101 Å². The summed E-state index contributed by atoms with van der Waals surface area (Å²) in [6.07, 6.45) is 1.65. The van der Waals surface area contributed by atoms with Gasteiger partial charge in [0.2, 0.25) is 23.6 Å². The summed E-state index contributed by atoms with van der Waals surface area (Å²) in [4.78, 5) is 69.0. The first-order valence-electron chi connectivity index (χ1n) is 16.2. The van der Waals surface area contributed by atoms with E-state index in [2.05, 4.69) is 21.3 Å². The molecule has 3 aromatic carbocycles. The van der Waals surface area contributed by atoms with Crippen molar-refractivity contribution in [1.82, 2.24) is 26.2 Å². The molecule has 0 bridgehead atoms. The van der Waals surface area contributed by atoms with Crippen molar-refractivity contribution in [2.45, 2.75) is 56.7 Å². The number of carbonyl (C=O) groups is 5. The Morgan fingerprint density at radius 3 is 2.42 bits per heavy atom. The summed E-state index contributed by atoms with van der Waals surface area (Å²) in [6, 6.07) is 18.8. The molecule has 4 N–H and O–H groups in total. The van der Waals surface area contributed by atoms with E-state index in [0.717, 1.165) is 11.1 Å². The van der Waals surface area contributed by atoms with E-state index in [-0.39, 0.29) is 55.7 Å². The van der Waals surface area contributed by atoms with E-state index >= 15 is 0 Å². The van der Waals surface area contributed by atoms with E-state index < -0.39 is 48.2 Å². The summed E-state index contributed by atoms with van der Waals surface area (Å²) in [5, 5.41) is 11.2. The van der Waals surface area contributed by atoms with Gasteiger partial charge in [-0.3, -0.25) is 24.0 Å². The van der Waals surface area contributed by atoms with Gasteiger partial charge in [0.25, 0.3) is 5.91 Å². The number of carbonyl (C=O) groups excluding carboxylic acids is 5. The van der Waals surface area contributed by atoms with Crippen LogP contribution in [0, 0.1) is 5.82 Å². The van der Waals surface area contributed by atoms with Crippen molar-refractivity contribution < 1.29 is 33.1 Å². The van der Waals surface area contributed by atoms with E-state index in [9.17, 15) is 28.4 Å². The van der Waals surface area contributed by atoms with Crippen LogP contribution in [0.15, 0.2) is 78.9 Å². The Hall–Kier alpha value is -5.26. The van der Waals surface area contributed by atoms with Crippen LogP contribution in [0.2, 0.25) is 0 Å². The minimum atomic E-state index is -1.26. The van der Waals surface area contributed by atoms with Gasteiger partial charge in [-0.25, -0.2) is 4.39 Å². The Balaban J connectivity index is 1.37. The molecular weight excluding hydrogens is 617 g/mol. The van der Waals surface area contributed by atoms with Crippen molar-refractivity contribution in [2.24, 2.45) is 0 Å². The number of nitrogens with zero attached hydrogens (tertiary/aromatic N) is 1. The van der Waals surface area contributed by atoms with Crippen LogP contribution in [0.4, 0.5) is 4.39 Å². The fourth-order valence-electron chi connectivity index (χ4n) is 5.88. The maximum absolute atomic E-state index is 13.7. The number of fused-ring (bicyclic) bond motifs is 2. The summed E-state index contributed by atoms with van der Waals surface area (Å²) >= 11 is 0. The minimum absolute atomic E-state index is 0.181. The Labute approximate surface area is 278 Å². The van der Waals surface area contributed by atoms with Crippen molar-refractivity contribution in [3.8, 4) is 5.75 Å². The molecule has 11 nitrogen and oxygen atoms in total. The Kier molecular flexibility index (Phi) is 11.7. The highest BCUT2D eigenvalue weighted by Crippen LogP contribution is 2.21. The SMILES string of the molecule is O=C1N[C@H](C(=O)NCCc2ccc(F)cc2)CC(=O)N2CCC[C@@H]2C(=O)N[C@@H](Cc2ccccc2)C(=O)NCCCOc2ccccc21. The quantitative estimate of drug-likeness (QED) is 0.320. The summed E-state index contributed by atoms with van der Waals surface area (Å²) < 4.78 is 19.2. The molecule has 12 heteroatoms. The first kappa shape index (κ1) is 34.1. The van der Waals surface area contributed by atoms with Gasteiger partial charge in [-0.2, -0.15) is 0 Å². The Morgan fingerprint density at radius 2 is 1.62 bits per heavy atom. The highest BCUT2D eigenvalue weighted by molar-refractivity contribution is 6.01. The minimum Gasteiger partial charge on any atom is -0.493 e. The largest absolute Gasteiger partial charge is 0.493 e. The molecule has 1 fully saturated rings. The molecule has 2 aliphatic heterocycles. The van der Waals surface area contributed by atoms with E-state index in [4.69, 9.17) is 4.74 Å². The van der Waals surface area contributed by atoms with E-state index in [1.165, 1.54) is 17.0 Å². The van der Waals surface area contributed by atoms with E-state index in [0.29, 0.717) is 25.7 Å². The van der Waals surface area contributed by atoms with Crippen molar-refractivity contribution in [3.63, 3.8) is 0 Å². The maximum atomic E-state index is 13.7. The molecule has 2 heterocycles. The lowest BCUT2D eigenvalue weighted by molar-refractivity contribution is -0.140. The molecular formula is C36H40FN5O6. The van der Waals surface area contributed by atoms with E-state index in [1.54, 1.807) is 36.4 Å². The smallest absolute Gasteiger partial charge is 0.255 e. The van der Waals surface area contributed by atoms with Crippen LogP contribution >= 0.6 is 0 Å². The second kappa shape index (κ2) is 16.5. The molecule has 0 aromatic heterocycles. The zero-order valence-corrected chi connectivity index (χ0v) is 26.6. The first-order chi connectivity index (χ1) is 23.3. The van der Waals surface area contributed by atoms with Crippen LogP contribution in [0.5, 0.6) is 5.75 Å². The Morgan fingerprint density at radius 1 is 0.875 bits per heavy atom. The molecule has 5 rings (SSSR count). The van der Waals surface area contributed by atoms with E-state index in [1.807, 2.05) is 30.3 Å². The van der Waals surface area contributed by atoms with Crippen molar-refractivity contribution in [2.75, 3.05) is 26.2 Å². The molecule has 2 aliphatic rings. The van der Waals surface area contributed by atoms with Crippen LogP contribution in [0.3, 0.4) is 0 Å². The molecule has 0 spiro atoms. The third-order valence-electron chi connectivity index (χ3n) is 8.43. The number of nitrogens with one attached hydrogen (secondary N) is 4. The third-order valence-corrected chi connectivity index (χ3v) is 8.43. The molecule has 3 aromatic rings. The Bertz CT molecular complexity index is 1600. The average molecular weight is 658 g/mol. The molecule has 3 atom stereocenters. The summed E-state index contributed by atoms with van der Waals surface area (Å²) in [5.41, 5.74) is 1.85. The molecule has 5 amide bonds. The number of rotatable bonds is 6. The van der Waals surface area contributed by atoms with Crippen LogP contribution in [-0.2, 0) is 32.0 Å². The molecule has 1 saturated heterocycles. The van der Waals surface area contributed by atoms with Gasteiger partial charge in [-0.1, -0.05) is 54.6 Å². The number of ether oxygens (including phenoxy) is 1. The molecule has 0 saturated carbocycles. The van der Waals surface area contributed by atoms with Crippen molar-refractivity contribution in [1.29, 1.82) is 0 Å². The zero-order valence-electron chi connectivity index (χ0n) is 26.6. The molecule has 252 valence electrons. The second-order valence-corrected chi connectivity index (χ2v) is 11.9. The third kappa shape index (κ3) is 9.18. The molecule has 48 heavy (non-hydrogen) atoms. The zero-order chi connectivity index (χ0) is 33.9. The highest BCUT2D eigenvalue weighted by atomic mass is 19.1. The summed E-state index contributed by atoms with van der Waals surface area (Å²) in [5.74, 6) is -2.56. The molecule has 0 unspecified atom stereocenters. The van der Waals surface area contributed by atoms with Gasteiger partial charge < -0.3 is 30.9 Å². The molecule has 0 radical (unpaired) electrons. The lowest BCUT2D eigenvalue weighted by Gasteiger charge is -2.28. The predicted molar refractivity (Wildman–Crippen MR) is 175 cm³/mol. The monoisotopic (exact) mass is 657 g/mol. The second-order valence-electron chi connectivity index (χ2n) is 11.9. The first-order valence-corrected chi connectivity index (χ1v) is 16.2. The average Bonchev–Trinajstić information content (AvgIpc) is 3.59. The van der Waals surface area contributed by atoms with Gasteiger partial charge >= 0.3 is 0 Å². The van der Waals surface area contributed by atoms with Gasteiger partial charge in [0, 0.05) is 26.1 Å². The topological polar surface area (TPSA) is 146 Å². The lowest BCUT2D eigenvalue weighted by atomic mass is 10.0. The highest BCUT2D eigenvalue weighted by Gasteiger charge is 2.38. The summed E-state index contributed by atoms with van der Waals surface area (Å²) in [7, 11) is 0. The predicted octanol–water partition coefficient (Wildman–Crippen LogP) is 2.29. The van der Waals surface area contributed by atoms with Gasteiger partial charge in [-0.15, -0.1) is 0 Å². The summed E-state index contributed by atoms with van der Waals surface area (Å²) in [6.45, 7) is 0.923. The van der Waals surface area contributed by atoms with Crippen LogP contribution < -0.4 is 26.0 Å². The standard InChI is InChI=1S/C36H40FN5O6/c37-26-15-13-24(14-16-26)17-19-39-35(46)29-23-32(43)42-20-6-11-30(42)36(47)41-28(22-25-8-2-1-3-9-25)34(45)38-18-7-21-48-31-12-5-4-10-27(31)33(44)40-29/h1-5,8-10,12-16,28-30H,6-7,11,17-23H2,(H,38,45)(H,39,46)(H,40,44)(H,41,47)/t28-,29-,30+/m0/s1. The van der Waals surface area contributed by atoms with Crippen molar-refractivity contribution >= 4 is 29.5 Å². The maximum Gasteiger partial charge on any atom is 0.255 e. The van der Waals surface area contributed by atoms with Crippen LogP contribution in [0.1, 0.15) is 47.2 Å². The number of amides is 5. The number of benzene rings is 3. The number of para-hydroxylation sites is 1. The van der Waals surface area contributed by atoms with Gasteiger partial charge in [0.05, 0.1) is 18.6 Å². The number of halogens is 1. The van der Waals surface area contributed by atoms with Crippen LogP contribution in [-0.4, -0.2) is 78.8 Å². The molecule has 0 aliphatic carbocycles.